The predicted octanol–water partition coefficient (Wildman–Crippen LogP) is 0.273. The molecule has 1 atom stereocenters. The van der Waals surface area contributed by atoms with E-state index < -0.39 is 11.5 Å². The fourth-order valence-corrected chi connectivity index (χ4v) is 1.94. The van der Waals surface area contributed by atoms with Crippen molar-refractivity contribution in [1.29, 1.82) is 5.26 Å². The van der Waals surface area contributed by atoms with Crippen molar-refractivity contribution in [2.45, 2.75) is 31.8 Å². The molecule has 4 heteroatoms. The number of amides is 1. The van der Waals surface area contributed by atoms with E-state index in [-0.39, 0.29) is 5.91 Å². The Labute approximate surface area is 83.1 Å². The quantitative estimate of drug-likeness (QED) is 0.651. The van der Waals surface area contributed by atoms with Crippen LogP contribution in [0.25, 0.3) is 0 Å². The molecule has 2 fully saturated rings. The third-order valence-corrected chi connectivity index (χ3v) is 3.06. The SMILES string of the molecule is N#CC1(C(=O)N2CCC[C@H](O)C2)CC1. The summed E-state index contributed by atoms with van der Waals surface area (Å²) in [4.78, 5) is 13.5. The number of aliphatic hydroxyl groups is 1. The first-order valence-corrected chi connectivity index (χ1v) is 5.07. The van der Waals surface area contributed by atoms with Crippen molar-refractivity contribution >= 4 is 5.91 Å². The maximum absolute atomic E-state index is 11.9. The summed E-state index contributed by atoms with van der Waals surface area (Å²) in [5.41, 5.74) is -0.725. The number of carbonyl (C=O) groups excluding carboxylic acids is 1. The van der Waals surface area contributed by atoms with E-state index in [9.17, 15) is 9.90 Å². The monoisotopic (exact) mass is 194 g/mol. The molecule has 2 aliphatic rings. The van der Waals surface area contributed by atoms with Crippen LogP contribution in [0.15, 0.2) is 0 Å². The number of rotatable bonds is 1. The van der Waals surface area contributed by atoms with Crippen LogP contribution < -0.4 is 0 Å². The van der Waals surface area contributed by atoms with E-state index in [0.717, 1.165) is 12.8 Å². The van der Waals surface area contributed by atoms with Crippen molar-refractivity contribution in [3.8, 4) is 6.07 Å². The third-order valence-electron chi connectivity index (χ3n) is 3.06. The molecule has 0 unspecified atom stereocenters. The summed E-state index contributed by atoms with van der Waals surface area (Å²) < 4.78 is 0. The minimum atomic E-state index is -0.725. The number of nitriles is 1. The first kappa shape index (κ1) is 9.47. The summed E-state index contributed by atoms with van der Waals surface area (Å²) >= 11 is 0. The van der Waals surface area contributed by atoms with Crippen LogP contribution >= 0.6 is 0 Å². The molecule has 0 aromatic carbocycles. The zero-order chi connectivity index (χ0) is 10.2. The second-order valence-corrected chi connectivity index (χ2v) is 4.24. The van der Waals surface area contributed by atoms with Gasteiger partial charge in [-0.1, -0.05) is 0 Å². The Morgan fingerprint density at radius 2 is 2.29 bits per heavy atom. The number of likely N-dealkylation sites (tertiary alicyclic amines) is 1. The molecule has 0 bridgehead atoms. The van der Waals surface area contributed by atoms with E-state index in [1.807, 2.05) is 0 Å². The lowest BCUT2D eigenvalue weighted by Crippen LogP contribution is -2.45. The molecule has 1 aliphatic carbocycles. The summed E-state index contributed by atoms with van der Waals surface area (Å²) in [6.07, 6.45) is 2.59. The van der Waals surface area contributed by atoms with Gasteiger partial charge in [0.05, 0.1) is 12.2 Å². The number of β-amino-alcohol motifs (C(OH)–C–C–N with tert-alkyl or cyclic N) is 1. The van der Waals surface area contributed by atoms with Gasteiger partial charge in [0.25, 0.3) is 0 Å². The van der Waals surface area contributed by atoms with Crippen LogP contribution in [0.1, 0.15) is 25.7 Å². The highest BCUT2D eigenvalue weighted by molar-refractivity contribution is 5.88. The highest BCUT2D eigenvalue weighted by Gasteiger charge is 2.52. The number of piperidine rings is 1. The Morgan fingerprint density at radius 1 is 1.57 bits per heavy atom. The van der Waals surface area contributed by atoms with Crippen molar-refractivity contribution in [3.63, 3.8) is 0 Å². The third kappa shape index (κ3) is 1.48. The van der Waals surface area contributed by atoms with Crippen molar-refractivity contribution in [1.82, 2.24) is 4.90 Å². The topological polar surface area (TPSA) is 64.3 Å². The van der Waals surface area contributed by atoms with Crippen LogP contribution in [0.2, 0.25) is 0 Å². The molecular weight excluding hydrogens is 180 g/mol. The Kier molecular flexibility index (Phi) is 2.20. The molecule has 1 amide bonds. The van der Waals surface area contributed by atoms with Gasteiger partial charge in [0.15, 0.2) is 0 Å². The average molecular weight is 194 g/mol. The van der Waals surface area contributed by atoms with Crippen LogP contribution in [-0.4, -0.2) is 35.1 Å². The maximum atomic E-state index is 11.9. The van der Waals surface area contributed by atoms with Gasteiger partial charge in [0, 0.05) is 13.1 Å². The standard InChI is InChI=1S/C10H14N2O2/c11-7-10(3-4-10)9(14)12-5-1-2-8(13)6-12/h8,13H,1-6H2/t8-/m0/s1. The first-order chi connectivity index (χ1) is 6.68. The molecule has 0 aromatic rings. The smallest absolute Gasteiger partial charge is 0.243 e. The summed E-state index contributed by atoms with van der Waals surface area (Å²) in [5.74, 6) is -0.0706. The summed E-state index contributed by atoms with van der Waals surface area (Å²) in [6.45, 7) is 1.10. The van der Waals surface area contributed by atoms with Gasteiger partial charge in [-0.3, -0.25) is 4.79 Å². The van der Waals surface area contributed by atoms with Crippen molar-refractivity contribution in [3.05, 3.63) is 0 Å². The van der Waals surface area contributed by atoms with Gasteiger partial charge < -0.3 is 10.0 Å². The fraction of sp³-hybridized carbons (Fsp3) is 0.800. The summed E-state index contributed by atoms with van der Waals surface area (Å²) in [6, 6.07) is 2.09. The number of hydrogen-bond acceptors (Lipinski definition) is 3. The van der Waals surface area contributed by atoms with Gasteiger partial charge >= 0.3 is 0 Å². The highest BCUT2D eigenvalue weighted by Crippen LogP contribution is 2.46. The van der Waals surface area contributed by atoms with Crippen LogP contribution in [-0.2, 0) is 4.79 Å². The lowest BCUT2D eigenvalue weighted by molar-refractivity contribution is -0.138. The van der Waals surface area contributed by atoms with Gasteiger partial charge in [0.1, 0.15) is 5.41 Å². The number of nitrogens with zero attached hydrogens (tertiary/aromatic N) is 2. The van der Waals surface area contributed by atoms with E-state index in [1.165, 1.54) is 0 Å². The van der Waals surface area contributed by atoms with Crippen molar-refractivity contribution in [2.75, 3.05) is 13.1 Å². The molecule has 76 valence electrons. The van der Waals surface area contributed by atoms with E-state index in [2.05, 4.69) is 6.07 Å². The minimum absolute atomic E-state index is 0.0706. The van der Waals surface area contributed by atoms with E-state index >= 15 is 0 Å². The zero-order valence-corrected chi connectivity index (χ0v) is 8.07. The molecule has 0 radical (unpaired) electrons. The molecule has 2 rings (SSSR count). The second kappa shape index (κ2) is 3.25. The number of carbonyl (C=O) groups is 1. The molecule has 14 heavy (non-hydrogen) atoms. The largest absolute Gasteiger partial charge is 0.391 e. The first-order valence-electron chi connectivity index (χ1n) is 5.07. The van der Waals surface area contributed by atoms with Gasteiger partial charge in [-0.15, -0.1) is 0 Å². The van der Waals surface area contributed by atoms with Crippen molar-refractivity contribution < 1.29 is 9.90 Å². The van der Waals surface area contributed by atoms with Crippen LogP contribution in [0.5, 0.6) is 0 Å². The molecule has 0 spiro atoms. The minimum Gasteiger partial charge on any atom is -0.391 e. The zero-order valence-electron chi connectivity index (χ0n) is 8.07. The Balaban J connectivity index is 2.01. The fourth-order valence-electron chi connectivity index (χ4n) is 1.94. The van der Waals surface area contributed by atoms with Crippen LogP contribution in [0, 0.1) is 16.7 Å². The van der Waals surface area contributed by atoms with Crippen LogP contribution in [0.3, 0.4) is 0 Å². The average Bonchev–Trinajstić information content (AvgIpc) is 2.97. The van der Waals surface area contributed by atoms with E-state index in [1.54, 1.807) is 4.90 Å². The number of aliphatic hydroxyl groups excluding tert-OH is 1. The molecule has 1 N–H and O–H groups in total. The van der Waals surface area contributed by atoms with E-state index in [0.29, 0.717) is 25.9 Å². The van der Waals surface area contributed by atoms with E-state index in [4.69, 9.17) is 5.26 Å². The molecule has 1 heterocycles. The second-order valence-electron chi connectivity index (χ2n) is 4.24. The lowest BCUT2D eigenvalue weighted by Gasteiger charge is -2.31. The van der Waals surface area contributed by atoms with Gasteiger partial charge in [0.2, 0.25) is 5.91 Å². The lowest BCUT2D eigenvalue weighted by atomic mass is 10.0. The molecule has 4 nitrogen and oxygen atoms in total. The normalized spacial score (nSPS) is 29.4. The Hall–Kier alpha value is -1.08. The number of hydrogen-bond donors (Lipinski definition) is 1. The van der Waals surface area contributed by atoms with Gasteiger partial charge in [-0.25, -0.2) is 0 Å². The Bertz CT molecular complexity index is 291. The molecule has 0 aromatic heterocycles. The Morgan fingerprint density at radius 3 is 2.79 bits per heavy atom. The maximum Gasteiger partial charge on any atom is 0.243 e. The highest BCUT2D eigenvalue weighted by atomic mass is 16.3. The molecular formula is C10H14N2O2. The molecule has 1 saturated carbocycles. The van der Waals surface area contributed by atoms with Crippen LogP contribution in [0.4, 0.5) is 0 Å². The van der Waals surface area contributed by atoms with Gasteiger partial charge in [-0.05, 0) is 25.7 Å². The van der Waals surface area contributed by atoms with Crippen molar-refractivity contribution in [2.24, 2.45) is 5.41 Å². The molecule has 1 aliphatic heterocycles. The summed E-state index contributed by atoms with van der Waals surface area (Å²) in [5, 5.41) is 18.3. The molecule has 1 saturated heterocycles. The summed E-state index contributed by atoms with van der Waals surface area (Å²) in [7, 11) is 0. The van der Waals surface area contributed by atoms with Gasteiger partial charge in [-0.2, -0.15) is 5.26 Å². The predicted molar refractivity (Wildman–Crippen MR) is 49.1 cm³/mol.